The van der Waals surface area contributed by atoms with E-state index in [9.17, 15) is 4.39 Å². The average Bonchev–Trinajstić information content (AvgIpc) is 3.14. The second-order valence-corrected chi connectivity index (χ2v) is 7.12. The van der Waals surface area contributed by atoms with E-state index in [2.05, 4.69) is 39.0 Å². The van der Waals surface area contributed by atoms with Crippen molar-refractivity contribution in [2.75, 3.05) is 23.3 Å². The van der Waals surface area contributed by atoms with E-state index in [0.717, 1.165) is 34.1 Å². The number of thiazole rings is 1. The minimum absolute atomic E-state index is 0.237. The number of hydrogen-bond acceptors (Lipinski definition) is 7. The van der Waals surface area contributed by atoms with Crippen molar-refractivity contribution in [3.05, 3.63) is 54.7 Å². The first-order valence-corrected chi connectivity index (χ1v) is 9.85. The fraction of sp³-hybridized carbons (Fsp3) is 0.200. The topological polar surface area (TPSA) is 66.8 Å². The number of aromatic nitrogens is 4. The monoisotopic (exact) mass is 394 g/mol. The summed E-state index contributed by atoms with van der Waals surface area (Å²) in [6.45, 7) is 6.00. The average molecular weight is 394 g/mol. The van der Waals surface area contributed by atoms with Crippen LogP contribution in [0.25, 0.3) is 21.5 Å². The summed E-state index contributed by atoms with van der Waals surface area (Å²) < 4.78 is 15.5. The highest BCUT2D eigenvalue weighted by molar-refractivity contribution is 7.22. The highest BCUT2D eigenvalue weighted by Crippen LogP contribution is 2.32. The van der Waals surface area contributed by atoms with Crippen LogP contribution in [0.3, 0.4) is 0 Å². The maximum absolute atomic E-state index is 14.4. The SMILES string of the molecule is CCN(CC)c1nc2cc(-c3nc(Nc4cccnc4)ncc3F)ccc2s1. The minimum Gasteiger partial charge on any atom is -0.349 e. The molecule has 0 atom stereocenters. The summed E-state index contributed by atoms with van der Waals surface area (Å²) in [5.41, 5.74) is 2.47. The highest BCUT2D eigenvalue weighted by atomic mass is 32.1. The molecule has 3 heterocycles. The molecule has 1 aromatic carbocycles. The molecule has 0 saturated heterocycles. The first-order valence-electron chi connectivity index (χ1n) is 9.03. The van der Waals surface area contributed by atoms with Gasteiger partial charge in [-0.3, -0.25) is 4.98 Å². The Labute approximate surface area is 166 Å². The lowest BCUT2D eigenvalue weighted by Gasteiger charge is -2.16. The van der Waals surface area contributed by atoms with Gasteiger partial charge in [0, 0.05) is 24.8 Å². The van der Waals surface area contributed by atoms with Crippen molar-refractivity contribution in [3.8, 4) is 11.3 Å². The molecular weight excluding hydrogens is 375 g/mol. The molecular formula is C20H19FN6S. The van der Waals surface area contributed by atoms with E-state index < -0.39 is 5.82 Å². The molecule has 28 heavy (non-hydrogen) atoms. The van der Waals surface area contributed by atoms with Gasteiger partial charge in [-0.05, 0) is 38.1 Å². The van der Waals surface area contributed by atoms with Crippen LogP contribution in [-0.2, 0) is 0 Å². The number of hydrogen-bond donors (Lipinski definition) is 1. The molecule has 4 aromatic rings. The number of fused-ring (bicyclic) bond motifs is 1. The molecule has 0 spiro atoms. The van der Waals surface area contributed by atoms with Gasteiger partial charge in [0.05, 0.1) is 28.3 Å². The third-order valence-electron chi connectivity index (χ3n) is 4.35. The molecule has 6 nitrogen and oxygen atoms in total. The van der Waals surface area contributed by atoms with Gasteiger partial charge in [-0.25, -0.2) is 19.3 Å². The molecule has 0 fully saturated rings. The summed E-state index contributed by atoms with van der Waals surface area (Å²) in [6, 6.07) is 9.35. The first-order chi connectivity index (χ1) is 13.7. The normalized spacial score (nSPS) is 11.0. The summed E-state index contributed by atoms with van der Waals surface area (Å²) in [5, 5.41) is 4.01. The Hall–Kier alpha value is -3.13. The van der Waals surface area contributed by atoms with Crippen molar-refractivity contribution >= 4 is 38.3 Å². The van der Waals surface area contributed by atoms with Gasteiger partial charge in [-0.15, -0.1) is 0 Å². The zero-order valence-electron chi connectivity index (χ0n) is 15.6. The fourth-order valence-corrected chi connectivity index (χ4v) is 3.96. The Morgan fingerprint density at radius 2 is 1.96 bits per heavy atom. The number of pyridine rings is 1. The van der Waals surface area contributed by atoms with Crippen LogP contribution in [-0.4, -0.2) is 33.0 Å². The molecule has 8 heteroatoms. The second kappa shape index (κ2) is 7.85. The standard InChI is InChI=1S/C20H19FN6S/c1-3-27(4-2)20-25-16-10-13(7-8-17(16)28-20)18-15(21)12-23-19(26-18)24-14-6-5-9-22-11-14/h5-12H,3-4H2,1-2H3,(H,23,24,26). The van der Waals surface area contributed by atoms with Gasteiger partial charge in [-0.1, -0.05) is 17.4 Å². The molecule has 142 valence electrons. The number of rotatable bonds is 6. The molecule has 0 bridgehead atoms. The van der Waals surface area contributed by atoms with E-state index in [1.807, 2.05) is 24.3 Å². The van der Waals surface area contributed by atoms with Crippen LogP contribution in [0, 0.1) is 5.82 Å². The lowest BCUT2D eigenvalue weighted by Crippen LogP contribution is -2.21. The van der Waals surface area contributed by atoms with Crippen molar-refractivity contribution in [2.45, 2.75) is 13.8 Å². The Morgan fingerprint density at radius 3 is 2.71 bits per heavy atom. The van der Waals surface area contributed by atoms with E-state index in [1.54, 1.807) is 29.8 Å². The zero-order valence-corrected chi connectivity index (χ0v) is 16.4. The van der Waals surface area contributed by atoms with Crippen LogP contribution < -0.4 is 10.2 Å². The summed E-state index contributed by atoms with van der Waals surface area (Å²) in [4.78, 5) is 19.3. The van der Waals surface area contributed by atoms with Crippen LogP contribution in [0.4, 0.5) is 21.2 Å². The Balaban J connectivity index is 1.69. The van der Waals surface area contributed by atoms with Gasteiger partial charge >= 0.3 is 0 Å². The summed E-state index contributed by atoms with van der Waals surface area (Å²) >= 11 is 1.64. The smallest absolute Gasteiger partial charge is 0.227 e. The number of halogens is 1. The largest absolute Gasteiger partial charge is 0.349 e. The number of benzene rings is 1. The van der Waals surface area contributed by atoms with E-state index in [4.69, 9.17) is 4.98 Å². The van der Waals surface area contributed by atoms with Gasteiger partial charge in [0.15, 0.2) is 10.9 Å². The Morgan fingerprint density at radius 1 is 1.11 bits per heavy atom. The summed E-state index contributed by atoms with van der Waals surface area (Å²) in [7, 11) is 0. The van der Waals surface area contributed by atoms with Crippen LogP contribution in [0.5, 0.6) is 0 Å². The van der Waals surface area contributed by atoms with Gasteiger partial charge in [0.1, 0.15) is 5.69 Å². The van der Waals surface area contributed by atoms with Gasteiger partial charge in [0.25, 0.3) is 0 Å². The number of nitrogens with zero attached hydrogens (tertiary/aromatic N) is 5. The van der Waals surface area contributed by atoms with Gasteiger partial charge < -0.3 is 10.2 Å². The lowest BCUT2D eigenvalue weighted by molar-refractivity contribution is 0.619. The van der Waals surface area contributed by atoms with Crippen LogP contribution in [0.15, 0.2) is 48.9 Å². The van der Waals surface area contributed by atoms with E-state index in [1.165, 1.54) is 6.20 Å². The maximum Gasteiger partial charge on any atom is 0.227 e. The summed E-state index contributed by atoms with van der Waals surface area (Å²) in [5.74, 6) is -0.165. The second-order valence-electron chi connectivity index (χ2n) is 6.11. The molecule has 3 aromatic heterocycles. The molecule has 0 aliphatic carbocycles. The molecule has 0 amide bonds. The van der Waals surface area contributed by atoms with Crippen molar-refractivity contribution < 1.29 is 4.39 Å². The van der Waals surface area contributed by atoms with Crippen LogP contribution >= 0.6 is 11.3 Å². The van der Waals surface area contributed by atoms with Crippen molar-refractivity contribution in [1.82, 2.24) is 19.9 Å². The molecule has 0 aliphatic rings. The number of anilines is 3. The van der Waals surface area contributed by atoms with Crippen molar-refractivity contribution in [3.63, 3.8) is 0 Å². The van der Waals surface area contributed by atoms with E-state index in [-0.39, 0.29) is 5.69 Å². The maximum atomic E-state index is 14.4. The molecule has 4 rings (SSSR count). The van der Waals surface area contributed by atoms with Crippen LogP contribution in [0.2, 0.25) is 0 Å². The third kappa shape index (κ3) is 3.63. The van der Waals surface area contributed by atoms with Gasteiger partial charge in [-0.2, -0.15) is 0 Å². The molecule has 0 unspecified atom stereocenters. The quantitative estimate of drug-likeness (QED) is 0.503. The lowest BCUT2D eigenvalue weighted by atomic mass is 10.1. The van der Waals surface area contributed by atoms with Crippen LogP contribution in [0.1, 0.15) is 13.8 Å². The summed E-state index contributed by atoms with van der Waals surface area (Å²) in [6.07, 6.45) is 4.51. The predicted octanol–water partition coefficient (Wildman–Crippen LogP) is 4.88. The van der Waals surface area contributed by atoms with E-state index in [0.29, 0.717) is 11.5 Å². The van der Waals surface area contributed by atoms with Crippen molar-refractivity contribution in [1.29, 1.82) is 0 Å². The first kappa shape index (κ1) is 18.2. The Bertz CT molecular complexity index is 1090. The Kier molecular flexibility index (Phi) is 5.12. The van der Waals surface area contributed by atoms with Crippen molar-refractivity contribution in [2.24, 2.45) is 0 Å². The molecule has 0 aliphatic heterocycles. The number of nitrogens with one attached hydrogen (secondary N) is 1. The third-order valence-corrected chi connectivity index (χ3v) is 5.44. The predicted molar refractivity (Wildman–Crippen MR) is 112 cm³/mol. The molecule has 0 saturated carbocycles. The van der Waals surface area contributed by atoms with Gasteiger partial charge in [0.2, 0.25) is 5.95 Å². The highest BCUT2D eigenvalue weighted by Gasteiger charge is 2.14. The minimum atomic E-state index is -0.477. The molecule has 0 radical (unpaired) electrons. The van der Waals surface area contributed by atoms with E-state index >= 15 is 0 Å². The zero-order chi connectivity index (χ0) is 19.5. The fourth-order valence-electron chi connectivity index (χ4n) is 2.89. The molecule has 1 N–H and O–H groups in total.